The topological polar surface area (TPSA) is 62.5 Å². The first-order valence-corrected chi connectivity index (χ1v) is 11.1. The van der Waals surface area contributed by atoms with Gasteiger partial charge in [0, 0.05) is 36.6 Å². The number of hydrogen-bond donors (Lipinski definition) is 1. The molecule has 0 unspecified atom stereocenters. The summed E-state index contributed by atoms with van der Waals surface area (Å²) in [5.74, 6) is 0.762. The van der Waals surface area contributed by atoms with Crippen LogP contribution in [0.1, 0.15) is 29.9 Å². The number of carbonyl (C=O) groups excluding carboxylic acids is 1. The van der Waals surface area contributed by atoms with Crippen molar-refractivity contribution >= 4 is 11.4 Å². The third-order valence-electron chi connectivity index (χ3n) is 5.74. The van der Waals surface area contributed by atoms with Crippen LogP contribution in [0.4, 0.5) is 0 Å². The van der Waals surface area contributed by atoms with E-state index in [0.717, 1.165) is 47.7 Å². The second-order valence-electron chi connectivity index (χ2n) is 7.88. The third kappa shape index (κ3) is 4.70. The molecule has 32 heavy (non-hydrogen) atoms. The molecule has 0 bridgehead atoms. The van der Waals surface area contributed by atoms with Crippen LogP contribution in [0, 0.1) is 6.92 Å². The molecule has 1 N–H and O–H groups in total. The molecule has 0 fully saturated rings. The van der Waals surface area contributed by atoms with E-state index in [-0.39, 0.29) is 5.91 Å². The van der Waals surface area contributed by atoms with E-state index in [1.54, 1.807) is 12.3 Å². The fraction of sp³-hybridized carbons (Fsp3) is 0.269. The summed E-state index contributed by atoms with van der Waals surface area (Å²) < 4.78 is 2.10. The standard InChI is InChI=1S/C26H29N5O/c1-4-30(5-2)14-13-27-26(32)24-12-10-21(16-28-24)22-9-11-23-17-29-25(31(23)18-22)20-8-6-7-19(3)15-20/h6-12,15-18H,4-5,13-14H2,1-3H3,(H,27,32). The fourth-order valence-corrected chi connectivity index (χ4v) is 3.82. The molecule has 0 saturated heterocycles. The predicted octanol–water partition coefficient (Wildman–Crippen LogP) is 4.44. The summed E-state index contributed by atoms with van der Waals surface area (Å²) in [6, 6.07) is 16.2. The number of pyridine rings is 2. The van der Waals surface area contributed by atoms with Crippen molar-refractivity contribution in [2.24, 2.45) is 0 Å². The maximum Gasteiger partial charge on any atom is 0.269 e. The number of benzene rings is 1. The molecular weight excluding hydrogens is 398 g/mol. The first-order chi connectivity index (χ1) is 15.6. The minimum Gasteiger partial charge on any atom is -0.349 e. The van der Waals surface area contributed by atoms with E-state index in [9.17, 15) is 4.79 Å². The molecule has 4 aromatic rings. The number of amides is 1. The Bertz CT molecular complexity index is 1210. The summed E-state index contributed by atoms with van der Waals surface area (Å²) in [5, 5.41) is 2.95. The zero-order valence-electron chi connectivity index (χ0n) is 18.9. The SMILES string of the molecule is CCN(CC)CCNC(=O)c1ccc(-c2ccc3cnc(-c4cccc(C)c4)n3c2)cn1. The normalized spacial score (nSPS) is 11.2. The van der Waals surface area contributed by atoms with Gasteiger partial charge in [-0.1, -0.05) is 49.7 Å². The Labute approximate surface area is 188 Å². The van der Waals surface area contributed by atoms with Crippen molar-refractivity contribution < 1.29 is 4.79 Å². The molecule has 0 radical (unpaired) electrons. The summed E-state index contributed by atoms with van der Waals surface area (Å²) in [4.78, 5) is 23.7. The maximum atomic E-state index is 12.4. The Balaban J connectivity index is 1.52. The number of hydrogen-bond acceptors (Lipinski definition) is 4. The van der Waals surface area contributed by atoms with Crippen molar-refractivity contribution in [1.82, 2.24) is 24.6 Å². The second kappa shape index (κ2) is 9.75. The van der Waals surface area contributed by atoms with Crippen LogP contribution in [0.5, 0.6) is 0 Å². The summed E-state index contributed by atoms with van der Waals surface area (Å²) in [7, 11) is 0. The number of aromatic nitrogens is 3. The summed E-state index contributed by atoms with van der Waals surface area (Å²) in [5.41, 5.74) is 5.71. The van der Waals surface area contributed by atoms with Crippen molar-refractivity contribution in [1.29, 1.82) is 0 Å². The number of imidazole rings is 1. The Morgan fingerprint density at radius 3 is 2.50 bits per heavy atom. The lowest BCUT2D eigenvalue weighted by molar-refractivity contribution is 0.0944. The van der Waals surface area contributed by atoms with Crippen molar-refractivity contribution in [3.63, 3.8) is 0 Å². The zero-order valence-corrected chi connectivity index (χ0v) is 18.9. The van der Waals surface area contributed by atoms with Crippen LogP contribution >= 0.6 is 0 Å². The number of carbonyl (C=O) groups is 1. The van der Waals surface area contributed by atoms with Crippen LogP contribution in [0.15, 0.2) is 67.1 Å². The molecule has 1 aromatic carbocycles. The highest BCUT2D eigenvalue weighted by molar-refractivity contribution is 5.92. The van der Waals surface area contributed by atoms with Crippen LogP contribution in [0.3, 0.4) is 0 Å². The number of nitrogens with one attached hydrogen (secondary N) is 1. The summed E-state index contributed by atoms with van der Waals surface area (Å²) >= 11 is 0. The number of aryl methyl sites for hydroxylation is 1. The van der Waals surface area contributed by atoms with Crippen molar-refractivity contribution in [3.05, 3.63) is 78.4 Å². The molecule has 0 aliphatic heterocycles. The quantitative estimate of drug-likeness (QED) is 0.451. The largest absolute Gasteiger partial charge is 0.349 e. The first kappa shape index (κ1) is 21.7. The number of fused-ring (bicyclic) bond motifs is 1. The van der Waals surface area contributed by atoms with E-state index in [4.69, 9.17) is 0 Å². The molecule has 0 aliphatic rings. The molecule has 3 heterocycles. The third-order valence-corrected chi connectivity index (χ3v) is 5.74. The van der Waals surface area contributed by atoms with Gasteiger partial charge in [0.15, 0.2) is 0 Å². The van der Waals surface area contributed by atoms with E-state index in [2.05, 4.69) is 81.9 Å². The Morgan fingerprint density at radius 1 is 0.969 bits per heavy atom. The van der Waals surface area contributed by atoms with Gasteiger partial charge >= 0.3 is 0 Å². The van der Waals surface area contributed by atoms with E-state index in [0.29, 0.717) is 12.2 Å². The van der Waals surface area contributed by atoms with Crippen molar-refractivity contribution in [2.45, 2.75) is 20.8 Å². The maximum absolute atomic E-state index is 12.4. The van der Waals surface area contributed by atoms with Gasteiger partial charge in [0.25, 0.3) is 5.91 Å². The molecule has 1 amide bonds. The Kier molecular flexibility index (Phi) is 6.61. The van der Waals surface area contributed by atoms with Gasteiger partial charge in [-0.15, -0.1) is 0 Å². The monoisotopic (exact) mass is 427 g/mol. The molecule has 0 atom stereocenters. The molecule has 6 nitrogen and oxygen atoms in total. The van der Waals surface area contributed by atoms with Crippen molar-refractivity contribution in [3.8, 4) is 22.5 Å². The second-order valence-corrected chi connectivity index (χ2v) is 7.88. The van der Waals surface area contributed by atoms with E-state index < -0.39 is 0 Å². The van der Waals surface area contributed by atoms with Gasteiger partial charge in [0.1, 0.15) is 11.5 Å². The lowest BCUT2D eigenvalue weighted by atomic mass is 10.1. The van der Waals surface area contributed by atoms with Crippen LogP contribution in [-0.2, 0) is 0 Å². The molecule has 3 aromatic heterocycles. The molecular formula is C26H29N5O. The minimum absolute atomic E-state index is 0.143. The highest BCUT2D eigenvalue weighted by Gasteiger charge is 2.11. The van der Waals surface area contributed by atoms with Crippen LogP contribution < -0.4 is 5.32 Å². The highest BCUT2D eigenvalue weighted by Crippen LogP contribution is 2.25. The Hall–Kier alpha value is -3.51. The predicted molar refractivity (Wildman–Crippen MR) is 129 cm³/mol. The van der Waals surface area contributed by atoms with Crippen LogP contribution in [0.25, 0.3) is 28.0 Å². The number of rotatable bonds is 8. The van der Waals surface area contributed by atoms with Crippen molar-refractivity contribution in [2.75, 3.05) is 26.2 Å². The number of nitrogens with zero attached hydrogens (tertiary/aromatic N) is 4. The average Bonchev–Trinajstić information content (AvgIpc) is 3.25. The summed E-state index contributed by atoms with van der Waals surface area (Å²) in [6.45, 7) is 9.73. The average molecular weight is 428 g/mol. The first-order valence-electron chi connectivity index (χ1n) is 11.1. The summed E-state index contributed by atoms with van der Waals surface area (Å²) in [6.07, 6.45) is 5.70. The lowest BCUT2D eigenvalue weighted by Gasteiger charge is -2.17. The number of likely N-dealkylation sites (N-methyl/N-ethyl adjacent to an activating group) is 1. The Morgan fingerprint density at radius 2 is 1.78 bits per heavy atom. The van der Waals surface area contributed by atoms with Gasteiger partial charge in [0.2, 0.25) is 0 Å². The van der Waals surface area contributed by atoms with Crippen LogP contribution in [-0.4, -0.2) is 51.4 Å². The molecule has 6 heteroatoms. The van der Waals surface area contributed by atoms with Gasteiger partial charge in [-0.3, -0.25) is 14.2 Å². The van der Waals surface area contributed by atoms with E-state index >= 15 is 0 Å². The van der Waals surface area contributed by atoms with Gasteiger partial charge < -0.3 is 10.2 Å². The minimum atomic E-state index is -0.143. The molecule has 0 saturated carbocycles. The molecule has 0 aliphatic carbocycles. The molecule has 164 valence electrons. The van der Waals surface area contributed by atoms with E-state index in [1.165, 1.54) is 5.56 Å². The highest BCUT2D eigenvalue weighted by atomic mass is 16.1. The van der Waals surface area contributed by atoms with E-state index in [1.807, 2.05) is 18.3 Å². The smallest absolute Gasteiger partial charge is 0.269 e. The van der Waals surface area contributed by atoms with Gasteiger partial charge in [0.05, 0.1) is 11.7 Å². The fourth-order valence-electron chi connectivity index (χ4n) is 3.82. The van der Waals surface area contributed by atoms with Crippen LogP contribution in [0.2, 0.25) is 0 Å². The van der Waals surface area contributed by atoms with Gasteiger partial charge in [-0.25, -0.2) is 4.98 Å². The molecule has 0 spiro atoms. The zero-order chi connectivity index (χ0) is 22.5. The molecule has 4 rings (SSSR count). The van der Waals surface area contributed by atoms with Gasteiger partial charge in [-0.2, -0.15) is 0 Å². The lowest BCUT2D eigenvalue weighted by Crippen LogP contribution is -2.35. The van der Waals surface area contributed by atoms with Gasteiger partial charge in [-0.05, 0) is 43.8 Å².